The van der Waals surface area contributed by atoms with E-state index in [1.807, 2.05) is 0 Å². The summed E-state index contributed by atoms with van der Waals surface area (Å²) in [7, 11) is 4.71. The first-order valence-corrected chi connectivity index (χ1v) is 7.46. The van der Waals surface area contributed by atoms with Crippen molar-refractivity contribution >= 4 is 12.1 Å². The molecule has 7 nitrogen and oxygen atoms in total. The van der Waals surface area contributed by atoms with Crippen molar-refractivity contribution in [2.24, 2.45) is 5.10 Å². The highest BCUT2D eigenvalue weighted by Crippen LogP contribution is 2.21. The number of rotatable bonds is 8. The van der Waals surface area contributed by atoms with E-state index in [1.165, 1.54) is 6.21 Å². The van der Waals surface area contributed by atoms with E-state index in [0.29, 0.717) is 17.2 Å². The molecule has 2 rings (SSSR count). The van der Waals surface area contributed by atoms with Crippen molar-refractivity contribution in [3.63, 3.8) is 0 Å². The van der Waals surface area contributed by atoms with Crippen LogP contribution in [0.15, 0.2) is 47.6 Å². The summed E-state index contributed by atoms with van der Waals surface area (Å²) in [6.45, 7) is -0.148. The van der Waals surface area contributed by atoms with Crippen LogP contribution >= 0.6 is 0 Å². The maximum Gasteiger partial charge on any atom is 0.277 e. The standard InChI is InChI=1S/C18H20N2O5/c1-22-14-4-6-15(7-5-14)25-12-18(21)20-19-11-13-8-16(23-2)10-17(9-13)24-3/h4-11H,12H2,1-3H3,(H,20,21)/b19-11-. The van der Waals surface area contributed by atoms with Crippen molar-refractivity contribution in [1.82, 2.24) is 5.43 Å². The van der Waals surface area contributed by atoms with Gasteiger partial charge < -0.3 is 18.9 Å². The molecule has 0 heterocycles. The molecular weight excluding hydrogens is 324 g/mol. The highest BCUT2D eigenvalue weighted by molar-refractivity contribution is 5.83. The Hall–Kier alpha value is -3.22. The van der Waals surface area contributed by atoms with Gasteiger partial charge in [-0.2, -0.15) is 5.10 Å². The van der Waals surface area contributed by atoms with Crippen LogP contribution in [0.3, 0.4) is 0 Å². The number of methoxy groups -OCH3 is 3. The molecular formula is C18H20N2O5. The summed E-state index contributed by atoms with van der Waals surface area (Å²) < 4.78 is 20.8. The minimum atomic E-state index is -0.373. The van der Waals surface area contributed by atoms with Gasteiger partial charge in [-0.05, 0) is 36.4 Å². The number of carbonyl (C=O) groups is 1. The molecule has 25 heavy (non-hydrogen) atoms. The fourth-order valence-electron chi connectivity index (χ4n) is 1.94. The quantitative estimate of drug-likeness (QED) is 0.587. The third-order valence-electron chi connectivity index (χ3n) is 3.21. The first kappa shape index (κ1) is 18.1. The lowest BCUT2D eigenvalue weighted by molar-refractivity contribution is -0.123. The van der Waals surface area contributed by atoms with Gasteiger partial charge >= 0.3 is 0 Å². The zero-order valence-electron chi connectivity index (χ0n) is 14.3. The predicted molar refractivity (Wildman–Crippen MR) is 93.8 cm³/mol. The number of hydrogen-bond acceptors (Lipinski definition) is 6. The predicted octanol–water partition coefficient (Wildman–Crippen LogP) is 2.24. The minimum absolute atomic E-state index is 0.148. The van der Waals surface area contributed by atoms with E-state index < -0.39 is 0 Å². The maximum absolute atomic E-state index is 11.8. The molecule has 0 aromatic heterocycles. The number of benzene rings is 2. The number of nitrogens with one attached hydrogen (secondary N) is 1. The first-order valence-electron chi connectivity index (χ1n) is 7.46. The van der Waals surface area contributed by atoms with Gasteiger partial charge in [0.2, 0.25) is 0 Å². The van der Waals surface area contributed by atoms with Gasteiger partial charge in [-0.15, -0.1) is 0 Å². The number of hydrogen-bond donors (Lipinski definition) is 1. The minimum Gasteiger partial charge on any atom is -0.497 e. The second-order valence-electron chi connectivity index (χ2n) is 4.90. The van der Waals surface area contributed by atoms with Crippen LogP contribution in [0.5, 0.6) is 23.0 Å². The smallest absolute Gasteiger partial charge is 0.277 e. The highest BCUT2D eigenvalue weighted by Gasteiger charge is 2.03. The van der Waals surface area contributed by atoms with E-state index in [9.17, 15) is 4.79 Å². The Morgan fingerprint density at radius 1 is 0.920 bits per heavy atom. The first-order chi connectivity index (χ1) is 12.1. The van der Waals surface area contributed by atoms with Gasteiger partial charge in [0.15, 0.2) is 6.61 Å². The Morgan fingerprint density at radius 3 is 2.04 bits per heavy atom. The van der Waals surface area contributed by atoms with E-state index >= 15 is 0 Å². The molecule has 2 aromatic carbocycles. The summed E-state index contributed by atoms with van der Waals surface area (Å²) in [4.78, 5) is 11.8. The summed E-state index contributed by atoms with van der Waals surface area (Å²) in [6.07, 6.45) is 1.50. The molecule has 0 aliphatic rings. The summed E-state index contributed by atoms with van der Waals surface area (Å²) >= 11 is 0. The van der Waals surface area contributed by atoms with E-state index in [0.717, 1.165) is 11.3 Å². The van der Waals surface area contributed by atoms with Crippen LogP contribution in [0.25, 0.3) is 0 Å². The number of carbonyl (C=O) groups excluding carboxylic acids is 1. The van der Waals surface area contributed by atoms with E-state index in [2.05, 4.69) is 10.5 Å². The Kier molecular flexibility index (Phi) is 6.65. The maximum atomic E-state index is 11.8. The van der Waals surface area contributed by atoms with E-state index in [-0.39, 0.29) is 12.5 Å². The zero-order chi connectivity index (χ0) is 18.1. The summed E-state index contributed by atoms with van der Waals surface area (Å²) in [6, 6.07) is 12.2. The van der Waals surface area contributed by atoms with Crippen molar-refractivity contribution in [3.8, 4) is 23.0 Å². The van der Waals surface area contributed by atoms with Gasteiger partial charge in [-0.25, -0.2) is 5.43 Å². The molecule has 7 heteroatoms. The number of amides is 1. The second kappa shape index (κ2) is 9.17. The normalized spacial score (nSPS) is 10.4. The highest BCUT2D eigenvalue weighted by atomic mass is 16.5. The lowest BCUT2D eigenvalue weighted by Gasteiger charge is -2.06. The van der Waals surface area contributed by atoms with Crippen molar-refractivity contribution in [3.05, 3.63) is 48.0 Å². The molecule has 0 aliphatic carbocycles. The van der Waals surface area contributed by atoms with Crippen molar-refractivity contribution in [1.29, 1.82) is 0 Å². The molecule has 0 spiro atoms. The molecule has 0 atom stereocenters. The third kappa shape index (κ3) is 5.72. The molecule has 0 saturated carbocycles. The number of ether oxygens (including phenoxy) is 4. The fourth-order valence-corrected chi connectivity index (χ4v) is 1.94. The summed E-state index contributed by atoms with van der Waals surface area (Å²) in [5, 5.41) is 3.90. The molecule has 1 N–H and O–H groups in total. The molecule has 2 aromatic rings. The van der Waals surface area contributed by atoms with Gasteiger partial charge in [-0.1, -0.05) is 0 Å². The number of hydrazone groups is 1. The van der Waals surface area contributed by atoms with Crippen molar-refractivity contribution in [2.75, 3.05) is 27.9 Å². The Labute approximate surface area is 146 Å². The van der Waals surface area contributed by atoms with Crippen LogP contribution < -0.4 is 24.4 Å². The van der Waals surface area contributed by atoms with E-state index in [4.69, 9.17) is 18.9 Å². The Balaban J connectivity index is 1.85. The lowest BCUT2D eigenvalue weighted by atomic mass is 10.2. The van der Waals surface area contributed by atoms with Crippen LogP contribution in [-0.2, 0) is 4.79 Å². The molecule has 1 amide bonds. The van der Waals surface area contributed by atoms with Gasteiger partial charge in [0.05, 0.1) is 27.5 Å². The molecule has 0 fully saturated rings. The topological polar surface area (TPSA) is 78.4 Å². The van der Waals surface area contributed by atoms with Gasteiger partial charge in [0, 0.05) is 11.6 Å². The van der Waals surface area contributed by atoms with Gasteiger partial charge in [-0.3, -0.25) is 4.79 Å². The van der Waals surface area contributed by atoms with Crippen LogP contribution in [0.2, 0.25) is 0 Å². The largest absolute Gasteiger partial charge is 0.497 e. The van der Waals surface area contributed by atoms with E-state index in [1.54, 1.807) is 63.8 Å². The van der Waals surface area contributed by atoms with Crippen LogP contribution in [0.4, 0.5) is 0 Å². The van der Waals surface area contributed by atoms with Gasteiger partial charge in [0.25, 0.3) is 5.91 Å². The monoisotopic (exact) mass is 344 g/mol. The van der Waals surface area contributed by atoms with Gasteiger partial charge in [0.1, 0.15) is 23.0 Å². The zero-order valence-corrected chi connectivity index (χ0v) is 14.3. The second-order valence-corrected chi connectivity index (χ2v) is 4.90. The molecule has 0 bridgehead atoms. The molecule has 0 saturated heterocycles. The molecule has 0 radical (unpaired) electrons. The third-order valence-corrected chi connectivity index (χ3v) is 3.21. The Bertz CT molecular complexity index is 706. The average molecular weight is 344 g/mol. The van der Waals surface area contributed by atoms with Crippen LogP contribution in [0.1, 0.15) is 5.56 Å². The Morgan fingerprint density at radius 2 is 1.48 bits per heavy atom. The number of nitrogens with zero attached hydrogens (tertiary/aromatic N) is 1. The fraction of sp³-hybridized carbons (Fsp3) is 0.222. The molecule has 0 aliphatic heterocycles. The lowest BCUT2D eigenvalue weighted by Crippen LogP contribution is -2.24. The molecule has 132 valence electrons. The van der Waals surface area contributed by atoms with Crippen molar-refractivity contribution < 1.29 is 23.7 Å². The summed E-state index contributed by atoms with van der Waals surface area (Å²) in [5.41, 5.74) is 3.13. The SMILES string of the molecule is COc1ccc(OCC(=O)N/N=C\c2cc(OC)cc(OC)c2)cc1. The molecule has 0 unspecified atom stereocenters. The summed E-state index contributed by atoms with van der Waals surface area (Å²) in [5.74, 6) is 2.18. The van der Waals surface area contributed by atoms with Crippen LogP contribution in [-0.4, -0.2) is 40.1 Å². The average Bonchev–Trinajstić information content (AvgIpc) is 2.66. The van der Waals surface area contributed by atoms with Crippen LogP contribution in [0, 0.1) is 0 Å². The van der Waals surface area contributed by atoms with Crippen molar-refractivity contribution in [2.45, 2.75) is 0 Å².